The number of aromatic nitrogens is 1. The van der Waals surface area contributed by atoms with Gasteiger partial charge in [-0.25, -0.2) is 0 Å². The summed E-state index contributed by atoms with van der Waals surface area (Å²) >= 11 is 12.0. The van der Waals surface area contributed by atoms with Crippen LogP contribution in [0.1, 0.15) is 16.1 Å². The minimum atomic E-state index is -0.354. The van der Waals surface area contributed by atoms with Crippen LogP contribution in [-0.4, -0.2) is 10.9 Å². The fraction of sp³-hybridized carbons (Fsp3) is 0.0526. The Morgan fingerprint density at radius 3 is 2.60 bits per heavy atom. The number of anilines is 2. The Hall–Kier alpha value is -2.56. The molecule has 25 heavy (non-hydrogen) atoms. The van der Waals surface area contributed by atoms with E-state index in [9.17, 15) is 4.79 Å². The summed E-state index contributed by atoms with van der Waals surface area (Å²) in [5.74, 6) is -0.354. The number of hydrogen-bond donors (Lipinski definition) is 2. The van der Waals surface area contributed by atoms with Crippen molar-refractivity contribution < 1.29 is 4.79 Å². The summed E-state index contributed by atoms with van der Waals surface area (Å²) in [6.45, 7) is 0.659. The maximum absolute atomic E-state index is 12.4. The van der Waals surface area contributed by atoms with Gasteiger partial charge in [0.1, 0.15) is 5.69 Å². The van der Waals surface area contributed by atoms with Crippen LogP contribution in [-0.2, 0) is 6.54 Å². The second-order valence-corrected chi connectivity index (χ2v) is 6.19. The van der Waals surface area contributed by atoms with E-state index in [2.05, 4.69) is 15.6 Å². The molecule has 0 saturated carbocycles. The molecule has 1 heterocycles. The molecule has 3 rings (SSSR count). The van der Waals surface area contributed by atoms with Gasteiger partial charge in [-0.15, -0.1) is 0 Å². The summed E-state index contributed by atoms with van der Waals surface area (Å²) in [7, 11) is 0. The topological polar surface area (TPSA) is 54.0 Å². The maximum Gasteiger partial charge on any atom is 0.274 e. The number of halogens is 2. The van der Waals surface area contributed by atoms with Gasteiger partial charge in [-0.2, -0.15) is 0 Å². The summed E-state index contributed by atoms with van der Waals surface area (Å²) in [4.78, 5) is 16.5. The van der Waals surface area contributed by atoms with Gasteiger partial charge in [0.15, 0.2) is 0 Å². The summed E-state index contributed by atoms with van der Waals surface area (Å²) < 4.78 is 0. The molecule has 0 atom stereocenters. The third-order valence-corrected chi connectivity index (χ3v) is 4.07. The maximum atomic E-state index is 12.4. The molecule has 4 nitrogen and oxygen atoms in total. The van der Waals surface area contributed by atoms with E-state index < -0.39 is 0 Å². The molecule has 0 spiro atoms. The molecule has 0 aliphatic heterocycles. The third kappa shape index (κ3) is 4.72. The van der Waals surface area contributed by atoms with Gasteiger partial charge in [0.25, 0.3) is 5.91 Å². The fourth-order valence-corrected chi connectivity index (χ4v) is 2.58. The number of carbonyl (C=O) groups is 1. The average Bonchev–Trinajstić information content (AvgIpc) is 2.64. The lowest BCUT2D eigenvalue weighted by molar-refractivity contribution is 0.102. The molecule has 0 aliphatic carbocycles. The first-order valence-corrected chi connectivity index (χ1v) is 8.38. The summed E-state index contributed by atoms with van der Waals surface area (Å²) in [5.41, 5.74) is 2.69. The van der Waals surface area contributed by atoms with Gasteiger partial charge in [-0.05, 0) is 35.9 Å². The molecule has 0 unspecified atom stereocenters. The SMILES string of the molecule is O=C(Nc1cc(Cl)ccc1Cl)c1cc(NCc2ccccc2)ccn1. The molecule has 126 valence electrons. The fourth-order valence-electron chi connectivity index (χ4n) is 2.24. The van der Waals surface area contributed by atoms with E-state index in [4.69, 9.17) is 23.2 Å². The number of benzene rings is 2. The predicted molar refractivity (Wildman–Crippen MR) is 102 cm³/mol. The Morgan fingerprint density at radius 1 is 1.00 bits per heavy atom. The van der Waals surface area contributed by atoms with Crippen molar-refractivity contribution in [3.63, 3.8) is 0 Å². The van der Waals surface area contributed by atoms with Gasteiger partial charge in [-0.1, -0.05) is 53.5 Å². The van der Waals surface area contributed by atoms with E-state index in [-0.39, 0.29) is 11.6 Å². The Bertz CT molecular complexity index is 885. The molecule has 0 saturated heterocycles. The minimum absolute atomic E-state index is 0.286. The highest BCUT2D eigenvalue weighted by molar-refractivity contribution is 6.35. The number of amides is 1. The second kappa shape index (κ2) is 8.01. The molecule has 2 N–H and O–H groups in total. The van der Waals surface area contributed by atoms with Crippen LogP contribution < -0.4 is 10.6 Å². The minimum Gasteiger partial charge on any atom is -0.381 e. The van der Waals surface area contributed by atoms with Crippen LogP contribution in [0.4, 0.5) is 11.4 Å². The van der Waals surface area contributed by atoms with Crippen molar-refractivity contribution in [2.75, 3.05) is 10.6 Å². The van der Waals surface area contributed by atoms with Crippen molar-refractivity contribution in [1.29, 1.82) is 0 Å². The van der Waals surface area contributed by atoms with E-state index in [0.717, 1.165) is 11.3 Å². The van der Waals surface area contributed by atoms with E-state index >= 15 is 0 Å². The van der Waals surface area contributed by atoms with E-state index in [1.165, 1.54) is 0 Å². The van der Waals surface area contributed by atoms with Crippen molar-refractivity contribution in [2.24, 2.45) is 0 Å². The van der Waals surface area contributed by atoms with Gasteiger partial charge in [0.2, 0.25) is 0 Å². The number of nitrogens with zero attached hydrogens (tertiary/aromatic N) is 1. The number of carbonyl (C=O) groups excluding carboxylic acids is 1. The Kier molecular flexibility index (Phi) is 5.53. The van der Waals surface area contributed by atoms with Crippen molar-refractivity contribution in [3.8, 4) is 0 Å². The molecular weight excluding hydrogens is 357 g/mol. The summed E-state index contributed by atoms with van der Waals surface area (Å²) in [6.07, 6.45) is 1.59. The number of nitrogens with one attached hydrogen (secondary N) is 2. The predicted octanol–water partition coefficient (Wildman–Crippen LogP) is 5.25. The largest absolute Gasteiger partial charge is 0.381 e. The zero-order valence-corrected chi connectivity index (χ0v) is 14.7. The number of pyridine rings is 1. The quantitative estimate of drug-likeness (QED) is 0.643. The zero-order chi connectivity index (χ0) is 17.6. The van der Waals surface area contributed by atoms with Crippen molar-refractivity contribution in [2.45, 2.75) is 6.54 Å². The van der Waals surface area contributed by atoms with E-state index in [1.807, 2.05) is 36.4 Å². The monoisotopic (exact) mass is 371 g/mol. The standard InChI is InChI=1S/C19H15Cl2N3O/c20-14-6-7-16(21)17(10-14)24-19(25)18-11-15(8-9-22-18)23-12-13-4-2-1-3-5-13/h1-11H,12H2,(H,22,23)(H,24,25). The zero-order valence-electron chi connectivity index (χ0n) is 13.2. The molecule has 0 bridgehead atoms. The molecular formula is C19H15Cl2N3O. The van der Waals surface area contributed by atoms with E-state index in [0.29, 0.717) is 22.3 Å². The van der Waals surface area contributed by atoms with Crippen molar-refractivity contribution in [1.82, 2.24) is 4.98 Å². The Labute approximate surface area is 155 Å². The van der Waals surface area contributed by atoms with Gasteiger partial charge in [-0.3, -0.25) is 9.78 Å². The van der Waals surface area contributed by atoms with E-state index in [1.54, 1.807) is 30.5 Å². The van der Waals surface area contributed by atoms with Crippen molar-refractivity contribution >= 4 is 40.5 Å². The Morgan fingerprint density at radius 2 is 1.80 bits per heavy atom. The molecule has 1 amide bonds. The number of hydrogen-bond acceptors (Lipinski definition) is 3. The summed E-state index contributed by atoms with van der Waals surface area (Å²) in [5, 5.41) is 6.90. The molecule has 1 aromatic heterocycles. The van der Waals surface area contributed by atoms with Crippen LogP contribution in [0.25, 0.3) is 0 Å². The third-order valence-electron chi connectivity index (χ3n) is 3.51. The van der Waals surface area contributed by atoms with Gasteiger partial charge >= 0.3 is 0 Å². The average molecular weight is 372 g/mol. The second-order valence-electron chi connectivity index (χ2n) is 5.35. The highest BCUT2D eigenvalue weighted by atomic mass is 35.5. The first-order chi connectivity index (χ1) is 12.1. The van der Waals surface area contributed by atoms with Crippen LogP contribution in [0.15, 0.2) is 66.9 Å². The Balaban J connectivity index is 1.70. The lowest BCUT2D eigenvalue weighted by Crippen LogP contribution is -2.14. The molecule has 2 aromatic carbocycles. The van der Waals surface area contributed by atoms with Gasteiger partial charge in [0, 0.05) is 23.5 Å². The van der Waals surface area contributed by atoms with Crippen LogP contribution in [0.3, 0.4) is 0 Å². The van der Waals surface area contributed by atoms with Gasteiger partial charge < -0.3 is 10.6 Å². The van der Waals surface area contributed by atoms with Crippen LogP contribution in [0.2, 0.25) is 10.0 Å². The first-order valence-electron chi connectivity index (χ1n) is 7.62. The molecule has 0 fully saturated rings. The smallest absolute Gasteiger partial charge is 0.274 e. The highest BCUT2D eigenvalue weighted by Gasteiger charge is 2.11. The van der Waals surface area contributed by atoms with Crippen LogP contribution in [0, 0.1) is 0 Å². The normalized spacial score (nSPS) is 10.3. The lowest BCUT2D eigenvalue weighted by Gasteiger charge is -2.10. The molecule has 6 heteroatoms. The van der Waals surface area contributed by atoms with Gasteiger partial charge in [0.05, 0.1) is 10.7 Å². The lowest BCUT2D eigenvalue weighted by atomic mass is 10.2. The highest BCUT2D eigenvalue weighted by Crippen LogP contribution is 2.26. The van der Waals surface area contributed by atoms with Crippen molar-refractivity contribution in [3.05, 3.63) is 88.2 Å². The molecule has 3 aromatic rings. The number of rotatable bonds is 5. The molecule has 0 radical (unpaired) electrons. The summed E-state index contributed by atoms with van der Waals surface area (Å²) in [6, 6.07) is 18.4. The van der Waals surface area contributed by atoms with Crippen LogP contribution in [0.5, 0.6) is 0 Å². The molecule has 0 aliphatic rings. The van der Waals surface area contributed by atoms with Crippen LogP contribution >= 0.6 is 23.2 Å². The first kappa shape index (κ1) is 17.3.